The van der Waals surface area contributed by atoms with Gasteiger partial charge in [0.25, 0.3) is 0 Å². The first kappa shape index (κ1) is 57.1. The van der Waals surface area contributed by atoms with Crippen molar-refractivity contribution in [2.24, 2.45) is 50.2 Å². The number of rotatable bonds is 11. The monoisotopic (exact) mass is 1070 g/mol. The van der Waals surface area contributed by atoms with E-state index in [1.807, 2.05) is 0 Å². The van der Waals surface area contributed by atoms with Crippen molar-refractivity contribution in [1.82, 2.24) is 0 Å². The highest BCUT2D eigenvalue weighted by atomic mass is 16.8. The van der Waals surface area contributed by atoms with Crippen LogP contribution in [0.3, 0.4) is 0 Å². The summed E-state index contributed by atoms with van der Waals surface area (Å²) < 4.78 is 56.3. The third-order valence-electron chi connectivity index (χ3n) is 22.3. The van der Waals surface area contributed by atoms with Crippen molar-refractivity contribution in [3.8, 4) is 0 Å². The molecule has 430 valence electrons. The van der Waals surface area contributed by atoms with Gasteiger partial charge in [0.05, 0.1) is 50.3 Å². The van der Waals surface area contributed by atoms with Gasteiger partial charge in [-0.15, -0.1) is 0 Å². The van der Waals surface area contributed by atoms with Gasteiger partial charge in [-0.25, -0.2) is 0 Å². The minimum absolute atomic E-state index is 0.0717. The predicted octanol–water partition coefficient (Wildman–Crippen LogP) is -1.50. The number of hydrogen-bond donors (Lipinski definition) is 12. The average Bonchev–Trinajstić information content (AvgIpc) is 3.66. The van der Waals surface area contributed by atoms with E-state index in [1.54, 1.807) is 0 Å². The molecule has 5 saturated heterocycles. The van der Waals surface area contributed by atoms with Gasteiger partial charge in [0.15, 0.2) is 25.2 Å². The maximum atomic E-state index is 12.6. The first-order chi connectivity index (χ1) is 35.2. The molecule has 0 amide bonds. The second-order valence-electron chi connectivity index (χ2n) is 26.2. The fourth-order valence-electron chi connectivity index (χ4n) is 17.6. The topological polar surface area (TPSA) is 343 Å². The molecule has 0 aromatic heterocycles. The molecule has 75 heavy (non-hydrogen) atoms. The third kappa shape index (κ3) is 8.54. The summed E-state index contributed by atoms with van der Waals surface area (Å²) in [6.45, 7) is 13.6. The summed E-state index contributed by atoms with van der Waals surface area (Å²) >= 11 is 0. The average molecular weight is 1080 g/mol. The van der Waals surface area contributed by atoms with E-state index in [4.69, 9.17) is 42.6 Å². The summed E-state index contributed by atoms with van der Waals surface area (Å²) in [6, 6.07) is 0. The van der Waals surface area contributed by atoms with E-state index < -0.39 is 165 Å². The summed E-state index contributed by atoms with van der Waals surface area (Å²) in [4.78, 5) is 12.6. The Hall–Kier alpha value is -1.17. The number of aliphatic hydroxyl groups is 12. The van der Waals surface area contributed by atoms with Crippen molar-refractivity contribution in [3.63, 3.8) is 0 Å². The van der Waals surface area contributed by atoms with Gasteiger partial charge >= 0.3 is 0 Å². The fourth-order valence-corrected chi connectivity index (χ4v) is 17.6. The van der Waals surface area contributed by atoms with Gasteiger partial charge in [-0.2, -0.15) is 0 Å². The molecule has 5 aliphatic heterocycles. The molecule has 3 unspecified atom stereocenters. The molecule has 10 aliphatic rings. The molecule has 1 spiro atoms. The number of hydrogen-bond acceptors (Lipinski definition) is 22. The molecule has 2 bridgehead atoms. The number of fused-ring (bicyclic) bond motifs is 4. The zero-order valence-corrected chi connectivity index (χ0v) is 44.3. The largest absolute Gasteiger partial charge is 0.394 e. The van der Waals surface area contributed by atoms with Gasteiger partial charge in [0, 0.05) is 16.2 Å². The molecule has 10 fully saturated rings. The Labute approximate surface area is 437 Å². The molecule has 5 saturated carbocycles. The number of ether oxygens (including phenoxy) is 9. The number of aliphatic hydroxyl groups excluding tert-OH is 12. The lowest BCUT2D eigenvalue weighted by Crippen LogP contribution is -2.74. The van der Waals surface area contributed by atoms with Crippen LogP contribution in [-0.2, 0) is 47.4 Å². The molecule has 0 aromatic carbocycles. The van der Waals surface area contributed by atoms with Crippen molar-refractivity contribution in [2.75, 3.05) is 26.4 Å². The summed E-state index contributed by atoms with van der Waals surface area (Å²) in [6.07, 6.45) is -23.3. The van der Waals surface area contributed by atoms with Gasteiger partial charge in [-0.1, -0.05) is 41.5 Å². The van der Waals surface area contributed by atoms with Crippen LogP contribution in [0.5, 0.6) is 0 Å². The minimum atomic E-state index is -1.89. The van der Waals surface area contributed by atoms with Crippen LogP contribution in [0.2, 0.25) is 0 Å². The van der Waals surface area contributed by atoms with E-state index in [2.05, 4.69) is 41.5 Å². The Kier molecular flexibility index (Phi) is 15.3. The Morgan fingerprint density at radius 3 is 1.81 bits per heavy atom. The van der Waals surface area contributed by atoms with E-state index in [9.17, 15) is 66.1 Å². The molecule has 5 heterocycles. The van der Waals surface area contributed by atoms with E-state index >= 15 is 0 Å². The van der Waals surface area contributed by atoms with Crippen LogP contribution in [0.1, 0.15) is 113 Å². The van der Waals surface area contributed by atoms with E-state index in [0.29, 0.717) is 25.9 Å². The summed E-state index contributed by atoms with van der Waals surface area (Å²) in [5.41, 5.74) is -2.58. The van der Waals surface area contributed by atoms with Gasteiger partial charge in [0.2, 0.25) is 0 Å². The fraction of sp³-hybridized carbons (Fsp3) is 0.981. The smallest absolute Gasteiger partial charge is 0.187 e. The zero-order chi connectivity index (χ0) is 54.3. The molecule has 22 heteroatoms. The molecular weight excluding hydrogens is 989 g/mol. The molecule has 22 nitrogen and oxygen atoms in total. The van der Waals surface area contributed by atoms with Crippen LogP contribution >= 0.6 is 0 Å². The maximum absolute atomic E-state index is 12.6. The van der Waals surface area contributed by atoms with E-state index in [0.717, 1.165) is 51.2 Å². The van der Waals surface area contributed by atoms with Crippen molar-refractivity contribution in [1.29, 1.82) is 0 Å². The summed E-state index contributed by atoms with van der Waals surface area (Å²) in [7, 11) is 0. The van der Waals surface area contributed by atoms with Crippen LogP contribution in [-0.4, -0.2) is 229 Å². The summed E-state index contributed by atoms with van der Waals surface area (Å²) in [5, 5.41) is 131. The van der Waals surface area contributed by atoms with Gasteiger partial charge in [-0.3, -0.25) is 0 Å². The van der Waals surface area contributed by atoms with Crippen LogP contribution in [0, 0.1) is 50.2 Å². The normalized spacial score (nSPS) is 58.5. The lowest BCUT2D eigenvalue weighted by molar-refractivity contribution is -0.394. The molecule has 30 atom stereocenters. The second kappa shape index (κ2) is 20.1. The Morgan fingerprint density at radius 2 is 1.16 bits per heavy atom. The quantitative estimate of drug-likeness (QED) is 0.0827. The molecule has 0 radical (unpaired) electrons. The third-order valence-corrected chi connectivity index (χ3v) is 22.3. The number of aldehydes is 1. The Bertz CT molecular complexity index is 2050. The first-order valence-corrected chi connectivity index (χ1v) is 27.5. The molecule has 5 aliphatic carbocycles. The van der Waals surface area contributed by atoms with E-state index in [1.165, 1.54) is 6.92 Å². The highest BCUT2D eigenvalue weighted by molar-refractivity contribution is 5.59. The first-order valence-electron chi connectivity index (χ1n) is 27.5. The van der Waals surface area contributed by atoms with Crippen molar-refractivity contribution < 1.29 is 109 Å². The Morgan fingerprint density at radius 1 is 0.560 bits per heavy atom. The Balaban J connectivity index is 0.902. The SMILES string of the molecule is C[C@@H]1O[C@@H](O[C@H]2[C@H](O[C@H]3CO[C@@H](O[C@H]4CC[C@]5(C)[C@H]6CCC78OCC9(CC[C@](C)(C=O)C[C@H]97)[C@H](O)C[C@@]8(C)[C@]6(C)CC[C@H]5C4(C)C)[C@H](O[C@@H]4OC(CO)[C@@H](O)[C@H](O)[C@H]4O)[C@H]3O)O[C@H](CO)[C@@H](O)[C@@H]2O)[C@H](O)[C@H](O)[C@H]1O. The lowest BCUT2D eigenvalue weighted by Gasteiger charge is -2.75. The van der Waals surface area contributed by atoms with Crippen LogP contribution in [0.4, 0.5) is 0 Å². The number of carbonyl (C=O) groups excluding carboxylic acids is 1. The molecule has 12 N–H and O–H groups in total. The standard InChI is InChI=1S/C53H86O22/c1-23-32(58)36(62)39(65)43(69-23)75-42-38(64)34(60)25(19-55)71-46(42)72-26-20-67-45(41(35(26)61)74-44-40(66)37(63)33(59)24(18-54)70-44)73-31-10-11-49(5)27(47(31,2)3)8-12-50(6)28(49)9-13-53-29-16-48(4,21-56)14-15-52(29,22-68-53)30(57)17-51(50,53)7/h21,23-46,54-55,57-66H,8-20,22H2,1-7H3/t23-,24?,25+,26-,27-,28+,29+,30+,31-,32-,33+,34+,35-,36+,37-,38-,39+,40+,41+,42+,43-,44-,45-,46-,48-,49-,50+,51-,52?,53?/m0/s1. The van der Waals surface area contributed by atoms with Crippen LogP contribution in [0.15, 0.2) is 0 Å². The highest BCUT2D eigenvalue weighted by Crippen LogP contribution is 2.80. The maximum Gasteiger partial charge on any atom is 0.187 e. The highest BCUT2D eigenvalue weighted by Gasteiger charge is 2.80. The van der Waals surface area contributed by atoms with Gasteiger partial charge in [0.1, 0.15) is 91.7 Å². The molecular formula is C53H86O22. The lowest BCUT2D eigenvalue weighted by atomic mass is 9.30. The zero-order valence-electron chi connectivity index (χ0n) is 44.3. The molecule has 10 rings (SSSR count). The molecule has 0 aromatic rings. The van der Waals surface area contributed by atoms with Gasteiger partial charge < -0.3 is 109 Å². The van der Waals surface area contributed by atoms with Crippen molar-refractivity contribution in [3.05, 3.63) is 0 Å². The van der Waals surface area contributed by atoms with Crippen LogP contribution < -0.4 is 0 Å². The van der Waals surface area contributed by atoms with Crippen LogP contribution in [0.25, 0.3) is 0 Å². The predicted molar refractivity (Wildman–Crippen MR) is 255 cm³/mol. The van der Waals surface area contributed by atoms with E-state index in [-0.39, 0.29) is 39.4 Å². The van der Waals surface area contributed by atoms with Crippen molar-refractivity contribution in [2.45, 2.75) is 247 Å². The summed E-state index contributed by atoms with van der Waals surface area (Å²) in [5.74, 6) is 0.451. The second-order valence-corrected chi connectivity index (χ2v) is 26.2. The minimum Gasteiger partial charge on any atom is -0.394 e. The number of carbonyl (C=O) groups is 1. The van der Waals surface area contributed by atoms with Gasteiger partial charge in [-0.05, 0) is 105 Å². The van der Waals surface area contributed by atoms with Crippen molar-refractivity contribution >= 4 is 6.29 Å².